The Bertz CT molecular complexity index is 1340. The van der Waals surface area contributed by atoms with Crippen LogP contribution in [0.5, 0.6) is 5.75 Å². The Kier molecular flexibility index (Phi) is 10.6. The molecule has 0 spiro atoms. The second-order valence-electron chi connectivity index (χ2n) is 9.08. The number of para-hydroxylation sites is 2. The molecule has 0 atom stereocenters. The van der Waals surface area contributed by atoms with Gasteiger partial charge >= 0.3 is 18.1 Å². The van der Waals surface area contributed by atoms with Gasteiger partial charge in [-0.25, -0.2) is 14.6 Å². The number of aromatic carboxylic acids is 1. The van der Waals surface area contributed by atoms with Gasteiger partial charge in [0.05, 0.1) is 24.9 Å². The Balaban J connectivity index is 0.000000587. The van der Waals surface area contributed by atoms with Crippen LogP contribution < -0.4 is 15.0 Å². The van der Waals surface area contributed by atoms with Crippen molar-refractivity contribution < 1.29 is 37.7 Å². The Morgan fingerprint density at radius 2 is 1.51 bits per heavy atom. The number of guanidine groups is 1. The third-order valence-corrected chi connectivity index (χ3v) is 6.17. The summed E-state index contributed by atoms with van der Waals surface area (Å²) in [6.07, 6.45) is -5.08. The van der Waals surface area contributed by atoms with Crippen molar-refractivity contribution in [1.82, 2.24) is 4.90 Å². The molecule has 218 valence electrons. The fraction of sp³-hybridized carbons (Fsp3) is 0.276. The molecule has 0 bridgehead atoms. The maximum Gasteiger partial charge on any atom is 0.490 e. The number of nitrogens with one attached hydrogen (secondary N) is 1. The molecule has 0 radical (unpaired) electrons. The number of alkyl halides is 3. The summed E-state index contributed by atoms with van der Waals surface area (Å²) >= 11 is 0. The molecule has 0 saturated carbocycles. The molecule has 3 aromatic carbocycles. The van der Waals surface area contributed by atoms with Gasteiger partial charge in [0.2, 0.25) is 0 Å². The van der Waals surface area contributed by atoms with E-state index in [4.69, 9.17) is 19.6 Å². The highest BCUT2D eigenvalue weighted by Gasteiger charge is 2.38. The van der Waals surface area contributed by atoms with Gasteiger partial charge < -0.3 is 30.1 Å². The van der Waals surface area contributed by atoms with Crippen LogP contribution in [0.1, 0.15) is 21.5 Å². The van der Waals surface area contributed by atoms with Crippen LogP contribution in [0.15, 0.2) is 77.8 Å². The van der Waals surface area contributed by atoms with Crippen LogP contribution in [0.4, 0.5) is 24.5 Å². The number of hydrogen-bond acceptors (Lipinski definition) is 5. The average molecular weight is 573 g/mol. The number of hydrogen-bond donors (Lipinski definition) is 3. The summed E-state index contributed by atoms with van der Waals surface area (Å²) in [5, 5.41) is 19.7. The van der Waals surface area contributed by atoms with Crippen molar-refractivity contribution in [2.24, 2.45) is 4.99 Å². The molecule has 0 aromatic heterocycles. The number of aliphatic carboxylic acids is 1. The summed E-state index contributed by atoms with van der Waals surface area (Å²) in [5.74, 6) is -2.04. The molecule has 12 heteroatoms. The molecule has 0 aliphatic carbocycles. The van der Waals surface area contributed by atoms with Gasteiger partial charge in [-0.3, -0.25) is 0 Å². The van der Waals surface area contributed by atoms with Crippen molar-refractivity contribution in [3.8, 4) is 5.75 Å². The van der Waals surface area contributed by atoms with Gasteiger partial charge in [-0.15, -0.1) is 0 Å². The van der Waals surface area contributed by atoms with Gasteiger partial charge in [0.15, 0.2) is 5.96 Å². The van der Waals surface area contributed by atoms with Gasteiger partial charge in [-0.05, 0) is 48.9 Å². The van der Waals surface area contributed by atoms with E-state index in [1.807, 2.05) is 18.2 Å². The van der Waals surface area contributed by atoms with Crippen LogP contribution in [-0.4, -0.2) is 72.5 Å². The first kappa shape index (κ1) is 30.8. The molecule has 3 N–H and O–H groups in total. The normalized spacial score (nSPS) is 13.6. The fourth-order valence-corrected chi connectivity index (χ4v) is 3.95. The van der Waals surface area contributed by atoms with E-state index in [0.717, 1.165) is 54.8 Å². The highest BCUT2D eigenvalue weighted by molar-refractivity contribution is 5.95. The van der Waals surface area contributed by atoms with Gasteiger partial charge in [-0.2, -0.15) is 13.2 Å². The highest BCUT2D eigenvalue weighted by Crippen LogP contribution is 2.28. The van der Waals surface area contributed by atoms with Crippen molar-refractivity contribution in [3.05, 3.63) is 89.5 Å². The first-order valence-electron chi connectivity index (χ1n) is 12.6. The number of ether oxygens (including phenoxy) is 1. The number of benzene rings is 3. The molecule has 0 amide bonds. The maximum atomic E-state index is 11.2. The highest BCUT2D eigenvalue weighted by atomic mass is 19.4. The van der Waals surface area contributed by atoms with Crippen molar-refractivity contribution in [2.75, 3.05) is 43.5 Å². The second-order valence-corrected chi connectivity index (χ2v) is 9.08. The van der Waals surface area contributed by atoms with Crippen LogP contribution in [0.3, 0.4) is 0 Å². The van der Waals surface area contributed by atoms with E-state index in [2.05, 4.69) is 52.4 Å². The molecule has 1 fully saturated rings. The minimum Gasteiger partial charge on any atom is -0.495 e. The number of aliphatic imine (C=N–C) groups is 1. The Morgan fingerprint density at radius 3 is 2.05 bits per heavy atom. The van der Waals surface area contributed by atoms with E-state index in [9.17, 15) is 23.1 Å². The Labute approximate surface area is 235 Å². The molecule has 0 unspecified atom stereocenters. The van der Waals surface area contributed by atoms with E-state index in [0.29, 0.717) is 6.54 Å². The van der Waals surface area contributed by atoms with Crippen molar-refractivity contribution in [3.63, 3.8) is 0 Å². The molecule has 41 heavy (non-hydrogen) atoms. The summed E-state index contributed by atoms with van der Waals surface area (Å²) in [7, 11) is 1.70. The Hall–Kier alpha value is -4.74. The molecule has 3 aromatic rings. The lowest BCUT2D eigenvalue weighted by Gasteiger charge is -2.38. The zero-order valence-electron chi connectivity index (χ0n) is 22.6. The predicted octanol–water partition coefficient (Wildman–Crippen LogP) is 5.13. The molecular weight excluding hydrogens is 541 g/mol. The summed E-state index contributed by atoms with van der Waals surface area (Å²) in [6.45, 7) is 5.90. The van der Waals surface area contributed by atoms with Crippen LogP contribution >= 0.6 is 0 Å². The fourth-order valence-electron chi connectivity index (χ4n) is 3.95. The number of aryl methyl sites for hydroxylation is 1. The van der Waals surface area contributed by atoms with Gasteiger partial charge in [0.25, 0.3) is 0 Å². The number of halogens is 3. The second kappa shape index (κ2) is 14.1. The molecule has 1 heterocycles. The van der Waals surface area contributed by atoms with Crippen LogP contribution in [-0.2, 0) is 11.3 Å². The summed E-state index contributed by atoms with van der Waals surface area (Å²) < 4.78 is 37.3. The number of carboxylic acid groups (broad SMARTS) is 2. The third kappa shape index (κ3) is 9.16. The quantitative estimate of drug-likeness (QED) is 0.275. The minimum atomic E-state index is -5.08. The van der Waals surface area contributed by atoms with Gasteiger partial charge in [0, 0.05) is 31.9 Å². The number of anilines is 2. The number of carboxylic acids is 2. The topological polar surface area (TPSA) is 115 Å². The van der Waals surface area contributed by atoms with Crippen molar-refractivity contribution >= 4 is 29.3 Å². The summed E-state index contributed by atoms with van der Waals surface area (Å²) in [4.78, 5) is 29.6. The summed E-state index contributed by atoms with van der Waals surface area (Å²) in [6, 6.07) is 23.2. The first-order valence-corrected chi connectivity index (χ1v) is 12.6. The number of methoxy groups -OCH3 is 1. The molecule has 9 nitrogen and oxygen atoms in total. The van der Waals surface area contributed by atoms with Gasteiger partial charge in [-0.1, -0.05) is 42.0 Å². The van der Waals surface area contributed by atoms with E-state index in [1.165, 1.54) is 5.56 Å². The molecule has 1 saturated heterocycles. The standard InChI is InChI=1S/C27H30N4O3.C2HF3O2/c1-20-7-9-21(10-8-20)19-28-27(29-23-13-11-22(12-14-23)26(32)33)31-17-15-30(16-18-31)24-5-3-4-6-25(24)34-2;3-2(4,5)1(6)7/h3-14H,15-19H2,1-2H3,(H,28,29)(H,32,33);(H,6,7). The number of carbonyl (C=O) groups is 2. The van der Waals surface area contributed by atoms with Crippen LogP contribution in [0.25, 0.3) is 0 Å². The Morgan fingerprint density at radius 1 is 0.927 bits per heavy atom. The van der Waals surface area contributed by atoms with E-state index >= 15 is 0 Å². The smallest absolute Gasteiger partial charge is 0.490 e. The van der Waals surface area contributed by atoms with E-state index in [1.54, 1.807) is 31.4 Å². The number of piperazine rings is 1. The molecule has 1 aliphatic heterocycles. The zero-order valence-corrected chi connectivity index (χ0v) is 22.6. The first-order chi connectivity index (χ1) is 19.5. The molecule has 4 rings (SSSR count). The number of nitrogens with zero attached hydrogens (tertiary/aromatic N) is 3. The monoisotopic (exact) mass is 572 g/mol. The largest absolute Gasteiger partial charge is 0.495 e. The van der Waals surface area contributed by atoms with Crippen molar-refractivity contribution in [2.45, 2.75) is 19.6 Å². The predicted molar refractivity (Wildman–Crippen MR) is 150 cm³/mol. The van der Waals surface area contributed by atoms with Crippen molar-refractivity contribution in [1.29, 1.82) is 0 Å². The molecule has 1 aliphatic rings. The zero-order chi connectivity index (χ0) is 30.0. The summed E-state index contributed by atoms with van der Waals surface area (Å²) in [5.41, 5.74) is 4.52. The van der Waals surface area contributed by atoms with Gasteiger partial charge in [0.1, 0.15) is 5.75 Å². The lowest BCUT2D eigenvalue weighted by atomic mass is 10.1. The number of rotatable bonds is 6. The lowest BCUT2D eigenvalue weighted by Crippen LogP contribution is -2.50. The van der Waals surface area contributed by atoms with E-state index in [-0.39, 0.29) is 5.56 Å². The van der Waals surface area contributed by atoms with Crippen LogP contribution in [0.2, 0.25) is 0 Å². The minimum absolute atomic E-state index is 0.258. The maximum absolute atomic E-state index is 11.2. The molecular formula is C29H31F3N4O5. The average Bonchev–Trinajstić information content (AvgIpc) is 2.96. The van der Waals surface area contributed by atoms with E-state index < -0.39 is 18.1 Å². The third-order valence-electron chi connectivity index (χ3n) is 6.17. The SMILES string of the molecule is COc1ccccc1N1CCN(C(=NCc2ccc(C)cc2)Nc2ccc(C(=O)O)cc2)CC1.O=C(O)C(F)(F)F. The van der Waals surface area contributed by atoms with Crippen LogP contribution in [0, 0.1) is 6.92 Å². The lowest BCUT2D eigenvalue weighted by molar-refractivity contribution is -0.192.